The quantitative estimate of drug-likeness (QED) is 0.403. The molecule has 0 radical (unpaired) electrons. The van der Waals surface area contributed by atoms with Crippen LogP contribution in [-0.2, 0) is 28.7 Å². The molecular weight excluding hydrogens is 427 g/mol. The van der Waals surface area contributed by atoms with Crippen molar-refractivity contribution in [3.05, 3.63) is 71.2 Å². The fraction of sp³-hybridized carbons (Fsp3) is 0.227. The number of rotatable bonds is 6. The van der Waals surface area contributed by atoms with E-state index in [-0.39, 0.29) is 19.0 Å². The molecule has 0 bridgehead atoms. The molecule has 32 heavy (non-hydrogen) atoms. The number of ether oxygens (including phenoxy) is 2. The molecule has 10 heteroatoms. The van der Waals surface area contributed by atoms with Gasteiger partial charge in [-0.3, -0.25) is 4.79 Å². The summed E-state index contributed by atoms with van der Waals surface area (Å²) >= 11 is 0. The summed E-state index contributed by atoms with van der Waals surface area (Å²) in [4.78, 5) is 12.8. The number of carbonyl (C=O) groups is 1. The number of methoxy groups -OCH3 is 1. The lowest BCUT2D eigenvalue weighted by Gasteiger charge is -2.07. The highest BCUT2D eigenvalue weighted by Gasteiger charge is 2.30. The molecule has 0 saturated heterocycles. The van der Waals surface area contributed by atoms with Crippen molar-refractivity contribution in [2.75, 3.05) is 7.11 Å². The molecule has 0 aliphatic rings. The molecule has 2 aromatic carbocycles. The van der Waals surface area contributed by atoms with Crippen molar-refractivity contribution in [1.82, 2.24) is 15.0 Å². The molecule has 0 aliphatic heterocycles. The summed E-state index contributed by atoms with van der Waals surface area (Å²) in [7, 11) is 1.33. The zero-order valence-electron chi connectivity index (χ0n) is 17.1. The van der Waals surface area contributed by atoms with Crippen molar-refractivity contribution in [2.45, 2.75) is 26.1 Å². The first kappa shape index (κ1) is 21.4. The number of halogens is 3. The van der Waals surface area contributed by atoms with E-state index in [0.717, 1.165) is 17.5 Å². The van der Waals surface area contributed by atoms with E-state index < -0.39 is 11.7 Å². The van der Waals surface area contributed by atoms with E-state index in [1.54, 1.807) is 25.1 Å². The van der Waals surface area contributed by atoms with Gasteiger partial charge < -0.3 is 13.9 Å². The van der Waals surface area contributed by atoms with E-state index in [9.17, 15) is 18.0 Å². The zero-order valence-corrected chi connectivity index (χ0v) is 17.1. The van der Waals surface area contributed by atoms with Crippen molar-refractivity contribution in [3.63, 3.8) is 0 Å². The van der Waals surface area contributed by atoms with Gasteiger partial charge in [-0.05, 0) is 43.3 Å². The molecule has 0 aliphatic carbocycles. The number of benzene rings is 2. The fourth-order valence-electron chi connectivity index (χ4n) is 3.11. The average Bonchev–Trinajstić information content (AvgIpc) is 3.34. The Morgan fingerprint density at radius 2 is 1.88 bits per heavy atom. The summed E-state index contributed by atoms with van der Waals surface area (Å²) < 4.78 is 54.2. The van der Waals surface area contributed by atoms with Gasteiger partial charge in [0.25, 0.3) is 0 Å². The van der Waals surface area contributed by atoms with Crippen LogP contribution in [0.15, 0.2) is 53.1 Å². The summed E-state index contributed by atoms with van der Waals surface area (Å²) in [6.07, 6.45) is -2.79. The molecule has 7 nitrogen and oxygen atoms in total. The maximum Gasteiger partial charge on any atom is 0.416 e. The van der Waals surface area contributed by atoms with Gasteiger partial charge in [-0.15, -0.1) is 5.10 Å². The first-order chi connectivity index (χ1) is 15.2. The number of hydrogen-bond acceptors (Lipinski definition) is 6. The van der Waals surface area contributed by atoms with Gasteiger partial charge >= 0.3 is 12.1 Å². The largest absolute Gasteiger partial charge is 0.487 e. The van der Waals surface area contributed by atoms with E-state index in [0.29, 0.717) is 34.0 Å². The lowest BCUT2D eigenvalue weighted by Crippen LogP contribution is -2.06. The molecule has 4 rings (SSSR count). The second-order valence-electron chi connectivity index (χ2n) is 7.03. The molecule has 166 valence electrons. The van der Waals surface area contributed by atoms with Crippen molar-refractivity contribution in [2.24, 2.45) is 0 Å². The predicted molar refractivity (Wildman–Crippen MR) is 107 cm³/mol. The van der Waals surface area contributed by atoms with Crippen LogP contribution in [0.4, 0.5) is 13.2 Å². The maximum atomic E-state index is 12.7. The predicted octanol–water partition coefficient (Wildman–Crippen LogP) is 4.64. The Morgan fingerprint density at radius 3 is 2.56 bits per heavy atom. The number of alkyl halides is 3. The van der Waals surface area contributed by atoms with Gasteiger partial charge in [0.05, 0.1) is 36.7 Å². The van der Waals surface area contributed by atoms with Gasteiger partial charge in [0, 0.05) is 17.0 Å². The van der Waals surface area contributed by atoms with E-state index in [1.165, 1.54) is 30.3 Å². The minimum atomic E-state index is -4.40. The third kappa shape index (κ3) is 4.43. The molecular formula is C22H18F3N3O4. The van der Waals surface area contributed by atoms with Gasteiger partial charge in [0.2, 0.25) is 0 Å². The van der Waals surface area contributed by atoms with Crippen LogP contribution < -0.4 is 4.74 Å². The smallest absolute Gasteiger partial charge is 0.416 e. The summed E-state index contributed by atoms with van der Waals surface area (Å²) in [5.74, 6) is 0.166. The van der Waals surface area contributed by atoms with E-state index in [2.05, 4.69) is 14.9 Å². The highest BCUT2D eigenvalue weighted by atomic mass is 19.4. The molecule has 0 amide bonds. The van der Waals surface area contributed by atoms with E-state index in [4.69, 9.17) is 9.15 Å². The molecule has 0 spiro atoms. The highest BCUT2D eigenvalue weighted by Crippen LogP contribution is 2.30. The van der Waals surface area contributed by atoms with Gasteiger partial charge in [-0.25, -0.2) is 0 Å². The van der Waals surface area contributed by atoms with Crippen LogP contribution in [0.3, 0.4) is 0 Å². The number of aromatic nitrogens is 3. The standard InChI is InChI=1S/C22H18F3N3O4/c1-13-19(27-28(26-13)16-5-3-15(4-6-16)22(23,24)25)12-31-17-7-8-18-14(9-21(29)30-2)11-32-20(18)10-17/h3-8,10-11H,9,12H2,1-2H3. The third-order valence-electron chi connectivity index (χ3n) is 4.87. The van der Waals surface area contributed by atoms with Gasteiger partial charge in [-0.1, -0.05) is 0 Å². The molecule has 0 saturated carbocycles. The van der Waals surface area contributed by atoms with E-state index in [1.807, 2.05) is 0 Å². The zero-order chi connectivity index (χ0) is 22.9. The number of furan rings is 1. The number of nitrogens with zero attached hydrogens (tertiary/aromatic N) is 3. The van der Waals surface area contributed by atoms with Crippen LogP contribution in [0, 0.1) is 6.92 Å². The second kappa shape index (κ2) is 8.37. The van der Waals surface area contributed by atoms with Crippen molar-refractivity contribution in [1.29, 1.82) is 0 Å². The number of fused-ring (bicyclic) bond motifs is 1. The molecule has 4 aromatic rings. The molecule has 0 atom stereocenters. The maximum absolute atomic E-state index is 12.7. The van der Waals surface area contributed by atoms with Crippen molar-refractivity contribution < 1.29 is 31.9 Å². The minimum absolute atomic E-state index is 0.105. The molecule has 0 fully saturated rings. The van der Waals surface area contributed by atoms with Crippen LogP contribution in [0.1, 0.15) is 22.5 Å². The molecule has 0 N–H and O–H groups in total. The van der Waals surface area contributed by atoms with Gasteiger partial charge in [-0.2, -0.15) is 23.1 Å². The number of esters is 1. The first-order valence-corrected chi connectivity index (χ1v) is 9.55. The summed E-state index contributed by atoms with van der Waals surface area (Å²) in [5, 5.41) is 9.36. The minimum Gasteiger partial charge on any atom is -0.487 e. The Hall–Kier alpha value is -3.82. The molecule has 0 unspecified atom stereocenters. The van der Waals surface area contributed by atoms with Crippen molar-refractivity contribution >= 4 is 16.9 Å². The lowest BCUT2D eigenvalue weighted by atomic mass is 10.1. The lowest BCUT2D eigenvalue weighted by molar-refractivity contribution is -0.140. The number of hydrogen-bond donors (Lipinski definition) is 0. The number of aryl methyl sites for hydroxylation is 1. The Morgan fingerprint density at radius 1 is 1.12 bits per heavy atom. The Labute approximate surface area is 180 Å². The normalized spacial score (nSPS) is 11.7. The van der Waals surface area contributed by atoms with Gasteiger partial charge in [0.15, 0.2) is 0 Å². The topological polar surface area (TPSA) is 79.4 Å². The van der Waals surface area contributed by atoms with Crippen LogP contribution in [0.2, 0.25) is 0 Å². The van der Waals surface area contributed by atoms with Gasteiger partial charge in [0.1, 0.15) is 23.6 Å². The highest BCUT2D eigenvalue weighted by molar-refractivity contribution is 5.86. The van der Waals surface area contributed by atoms with Crippen molar-refractivity contribution in [3.8, 4) is 11.4 Å². The summed E-state index contributed by atoms with van der Waals surface area (Å²) in [6.45, 7) is 1.84. The Bertz CT molecular complexity index is 1260. The average molecular weight is 445 g/mol. The van der Waals surface area contributed by atoms with Crippen LogP contribution in [0.5, 0.6) is 5.75 Å². The second-order valence-corrected chi connectivity index (χ2v) is 7.03. The molecule has 2 aromatic heterocycles. The monoisotopic (exact) mass is 445 g/mol. The van der Waals surface area contributed by atoms with E-state index >= 15 is 0 Å². The van der Waals surface area contributed by atoms with Crippen LogP contribution in [0.25, 0.3) is 16.7 Å². The molecule has 2 heterocycles. The third-order valence-corrected chi connectivity index (χ3v) is 4.87. The first-order valence-electron chi connectivity index (χ1n) is 9.55. The number of carbonyl (C=O) groups excluding carboxylic acids is 1. The van der Waals surface area contributed by atoms with Crippen LogP contribution >= 0.6 is 0 Å². The Balaban J connectivity index is 1.47. The SMILES string of the molecule is COC(=O)Cc1coc2cc(OCc3nn(-c4ccc(C(F)(F)F)cc4)nc3C)ccc12. The van der Waals surface area contributed by atoms with Crippen LogP contribution in [-0.4, -0.2) is 28.1 Å². The summed E-state index contributed by atoms with van der Waals surface area (Å²) in [6, 6.07) is 9.82. The summed E-state index contributed by atoms with van der Waals surface area (Å²) in [5.41, 5.74) is 2.07. The Kier molecular flexibility index (Phi) is 5.60. The fourth-order valence-corrected chi connectivity index (χ4v) is 3.11.